The molecule has 1 aromatic rings. The van der Waals surface area contributed by atoms with E-state index in [9.17, 15) is 8.42 Å². The van der Waals surface area contributed by atoms with Crippen LogP contribution in [0.25, 0.3) is 0 Å². The lowest BCUT2D eigenvalue weighted by molar-refractivity contribution is 0.329. The van der Waals surface area contributed by atoms with Gasteiger partial charge < -0.3 is 4.90 Å². The molecule has 0 atom stereocenters. The van der Waals surface area contributed by atoms with E-state index in [1.165, 1.54) is 15.8 Å². The summed E-state index contributed by atoms with van der Waals surface area (Å²) in [6.07, 6.45) is 0.627. The van der Waals surface area contributed by atoms with E-state index >= 15 is 0 Å². The number of nitrogens with zero attached hydrogens (tertiary/aromatic N) is 4. The smallest absolute Gasteiger partial charge is 0.213 e. The molecule has 0 aliphatic rings. The third kappa shape index (κ3) is 4.60. The van der Waals surface area contributed by atoms with Crippen LogP contribution in [0.5, 0.6) is 0 Å². The molecule has 1 rings (SSSR count). The summed E-state index contributed by atoms with van der Waals surface area (Å²) < 4.78 is 28.3. The van der Waals surface area contributed by atoms with Crippen molar-refractivity contribution in [2.75, 3.05) is 33.4 Å². The molecule has 1 heterocycles. The minimum absolute atomic E-state index is 0.185. The van der Waals surface area contributed by atoms with E-state index in [1.807, 2.05) is 14.0 Å². The van der Waals surface area contributed by atoms with Crippen LogP contribution in [0, 0.1) is 6.92 Å². The minimum atomic E-state index is -3.08. The van der Waals surface area contributed by atoms with Crippen molar-refractivity contribution in [1.29, 1.82) is 0 Å². The molecule has 0 aliphatic heterocycles. The third-order valence-electron chi connectivity index (χ3n) is 2.66. The molecule has 6 nitrogen and oxygen atoms in total. The summed E-state index contributed by atoms with van der Waals surface area (Å²) in [4.78, 5) is 3.22. The van der Waals surface area contributed by atoms with Gasteiger partial charge in [0.1, 0.15) is 0 Å². The van der Waals surface area contributed by atoms with E-state index in [-0.39, 0.29) is 5.75 Å². The Hall–Kier alpha value is -0.570. The minimum Gasteiger partial charge on any atom is -0.301 e. The van der Waals surface area contributed by atoms with Crippen LogP contribution in [0.3, 0.4) is 0 Å². The van der Waals surface area contributed by atoms with Gasteiger partial charge in [-0.25, -0.2) is 12.7 Å². The Morgan fingerprint density at radius 1 is 1.28 bits per heavy atom. The fourth-order valence-electron chi connectivity index (χ4n) is 1.42. The zero-order valence-electron chi connectivity index (χ0n) is 11.3. The molecule has 0 saturated heterocycles. The SMILES string of the molecule is Cc1nnsc1CN(C)CCCS(=O)(=O)N(C)C. The van der Waals surface area contributed by atoms with Gasteiger partial charge in [0, 0.05) is 20.6 Å². The monoisotopic (exact) mass is 292 g/mol. The highest BCUT2D eigenvalue weighted by molar-refractivity contribution is 7.89. The predicted octanol–water partition coefficient (Wildman–Crippen LogP) is 0.560. The van der Waals surface area contributed by atoms with E-state index in [4.69, 9.17) is 0 Å². The molecule has 0 bridgehead atoms. The Labute approximate surface area is 113 Å². The molecule has 0 radical (unpaired) electrons. The number of rotatable bonds is 7. The summed E-state index contributed by atoms with van der Waals surface area (Å²) in [6.45, 7) is 3.44. The van der Waals surface area contributed by atoms with Crippen LogP contribution in [0.15, 0.2) is 0 Å². The van der Waals surface area contributed by atoms with Gasteiger partial charge in [-0.1, -0.05) is 4.49 Å². The topological polar surface area (TPSA) is 66.4 Å². The van der Waals surface area contributed by atoms with Gasteiger partial charge in [0.05, 0.1) is 16.3 Å². The van der Waals surface area contributed by atoms with Gasteiger partial charge in [-0.05, 0) is 38.5 Å². The van der Waals surface area contributed by atoms with Gasteiger partial charge >= 0.3 is 0 Å². The lowest BCUT2D eigenvalue weighted by Gasteiger charge is -2.16. The highest BCUT2D eigenvalue weighted by Crippen LogP contribution is 2.11. The van der Waals surface area contributed by atoms with E-state index < -0.39 is 10.0 Å². The van der Waals surface area contributed by atoms with Gasteiger partial charge in [-0.2, -0.15) is 0 Å². The Bertz CT molecular complexity index is 470. The first kappa shape index (κ1) is 15.5. The molecule has 0 aromatic carbocycles. The molecular weight excluding hydrogens is 272 g/mol. The van der Waals surface area contributed by atoms with Gasteiger partial charge in [-0.15, -0.1) is 5.10 Å². The van der Waals surface area contributed by atoms with Crippen LogP contribution in [0.2, 0.25) is 0 Å². The van der Waals surface area contributed by atoms with Gasteiger partial charge in [0.15, 0.2) is 0 Å². The number of hydrogen-bond donors (Lipinski definition) is 0. The van der Waals surface area contributed by atoms with Crippen LogP contribution in [0.1, 0.15) is 17.0 Å². The van der Waals surface area contributed by atoms with E-state index in [1.54, 1.807) is 14.1 Å². The Balaban J connectivity index is 2.35. The molecule has 0 aliphatic carbocycles. The molecule has 18 heavy (non-hydrogen) atoms. The molecule has 0 amide bonds. The van der Waals surface area contributed by atoms with Crippen molar-refractivity contribution >= 4 is 21.6 Å². The summed E-state index contributed by atoms with van der Waals surface area (Å²) in [5.74, 6) is 0.185. The first-order valence-electron chi connectivity index (χ1n) is 5.69. The maximum atomic E-state index is 11.6. The average Bonchev–Trinajstić information content (AvgIpc) is 2.64. The van der Waals surface area contributed by atoms with Gasteiger partial charge in [0.2, 0.25) is 10.0 Å². The quantitative estimate of drug-likeness (QED) is 0.734. The van der Waals surface area contributed by atoms with Crippen LogP contribution in [-0.2, 0) is 16.6 Å². The summed E-state index contributed by atoms with van der Waals surface area (Å²) in [6, 6.07) is 0. The molecule has 8 heteroatoms. The van der Waals surface area contributed by atoms with Gasteiger partial charge in [0.25, 0.3) is 0 Å². The van der Waals surface area contributed by atoms with Crippen molar-refractivity contribution < 1.29 is 8.42 Å². The molecule has 0 saturated carbocycles. The summed E-state index contributed by atoms with van der Waals surface area (Å²) in [5.41, 5.74) is 0.952. The normalized spacial score (nSPS) is 12.6. The summed E-state index contributed by atoms with van der Waals surface area (Å²) in [7, 11) is 2.02. The van der Waals surface area contributed by atoms with Crippen molar-refractivity contribution in [3.8, 4) is 0 Å². The molecule has 0 spiro atoms. The van der Waals surface area contributed by atoms with Crippen molar-refractivity contribution in [3.63, 3.8) is 0 Å². The first-order chi connectivity index (χ1) is 8.33. The second kappa shape index (κ2) is 6.55. The van der Waals surface area contributed by atoms with Crippen molar-refractivity contribution in [1.82, 2.24) is 18.8 Å². The maximum absolute atomic E-state index is 11.6. The van der Waals surface area contributed by atoms with Crippen LogP contribution in [-0.4, -0.2) is 60.7 Å². The molecule has 104 valence electrons. The molecule has 1 aromatic heterocycles. The second-order valence-electron chi connectivity index (χ2n) is 4.47. The zero-order chi connectivity index (χ0) is 13.8. The third-order valence-corrected chi connectivity index (χ3v) is 5.38. The molecule has 0 fully saturated rings. The lowest BCUT2D eigenvalue weighted by atomic mass is 10.3. The number of hydrogen-bond acceptors (Lipinski definition) is 6. The van der Waals surface area contributed by atoms with Crippen LogP contribution < -0.4 is 0 Å². The largest absolute Gasteiger partial charge is 0.301 e. The lowest BCUT2D eigenvalue weighted by Crippen LogP contribution is -2.28. The molecular formula is C10H20N4O2S2. The number of aryl methyl sites for hydroxylation is 1. The first-order valence-corrected chi connectivity index (χ1v) is 8.08. The van der Waals surface area contributed by atoms with E-state index in [0.29, 0.717) is 6.42 Å². The van der Waals surface area contributed by atoms with Crippen molar-refractivity contribution in [2.24, 2.45) is 0 Å². The number of aromatic nitrogens is 2. The predicted molar refractivity (Wildman–Crippen MR) is 73.1 cm³/mol. The number of sulfonamides is 1. The standard InChI is InChI=1S/C10H20N4O2S2/c1-9-10(17-12-11-9)8-14(4)6-5-7-18(15,16)13(2)3/h5-8H2,1-4H3. The Kier molecular flexibility index (Phi) is 5.64. The van der Waals surface area contributed by atoms with Crippen molar-refractivity contribution in [3.05, 3.63) is 10.6 Å². The highest BCUT2D eigenvalue weighted by Gasteiger charge is 2.14. The fourth-order valence-corrected chi connectivity index (χ4v) is 2.99. The summed E-state index contributed by atoms with van der Waals surface area (Å²) >= 11 is 1.39. The van der Waals surface area contributed by atoms with Gasteiger partial charge in [-0.3, -0.25) is 0 Å². The van der Waals surface area contributed by atoms with E-state index in [0.717, 1.165) is 23.7 Å². The van der Waals surface area contributed by atoms with Crippen LogP contribution >= 0.6 is 11.5 Å². The van der Waals surface area contributed by atoms with Crippen molar-refractivity contribution in [2.45, 2.75) is 19.9 Å². The fraction of sp³-hybridized carbons (Fsp3) is 0.800. The second-order valence-corrected chi connectivity index (χ2v) is 7.61. The molecule has 0 N–H and O–H groups in total. The zero-order valence-corrected chi connectivity index (χ0v) is 12.9. The Morgan fingerprint density at radius 2 is 1.94 bits per heavy atom. The average molecular weight is 292 g/mol. The highest BCUT2D eigenvalue weighted by atomic mass is 32.2. The Morgan fingerprint density at radius 3 is 2.44 bits per heavy atom. The van der Waals surface area contributed by atoms with Crippen LogP contribution in [0.4, 0.5) is 0 Å². The van der Waals surface area contributed by atoms with E-state index in [2.05, 4.69) is 14.5 Å². The maximum Gasteiger partial charge on any atom is 0.213 e. The molecule has 0 unspecified atom stereocenters. The summed E-state index contributed by atoms with van der Waals surface area (Å²) in [5, 5.41) is 3.95.